The molecule has 0 unspecified atom stereocenters. The van der Waals surface area contributed by atoms with E-state index in [2.05, 4.69) is 0 Å². The SMILES string of the molecule is O=[C]c1ccccc1Oc1ccccc1S(=O)(=O)O. The molecule has 5 nitrogen and oxygen atoms in total. The van der Waals surface area contributed by atoms with E-state index in [-0.39, 0.29) is 22.0 Å². The van der Waals surface area contributed by atoms with Gasteiger partial charge < -0.3 is 4.74 Å². The monoisotopic (exact) mass is 277 g/mol. The van der Waals surface area contributed by atoms with E-state index < -0.39 is 10.1 Å². The van der Waals surface area contributed by atoms with Crippen molar-refractivity contribution in [1.29, 1.82) is 0 Å². The van der Waals surface area contributed by atoms with E-state index in [0.29, 0.717) is 0 Å². The van der Waals surface area contributed by atoms with Crippen LogP contribution < -0.4 is 4.74 Å². The average Bonchev–Trinajstić information content (AvgIpc) is 2.39. The predicted octanol–water partition coefficient (Wildman–Crippen LogP) is 2.18. The number of hydrogen-bond donors (Lipinski definition) is 1. The maximum atomic E-state index is 11.2. The summed E-state index contributed by atoms with van der Waals surface area (Å²) in [6, 6.07) is 11.8. The minimum Gasteiger partial charge on any atom is -0.455 e. The molecule has 0 heterocycles. The van der Waals surface area contributed by atoms with E-state index in [1.54, 1.807) is 24.5 Å². The van der Waals surface area contributed by atoms with Crippen LogP contribution in [0, 0.1) is 0 Å². The first-order valence-electron chi connectivity index (χ1n) is 5.24. The molecule has 2 rings (SSSR count). The van der Waals surface area contributed by atoms with Gasteiger partial charge in [-0.15, -0.1) is 0 Å². The lowest BCUT2D eigenvalue weighted by Crippen LogP contribution is -2.01. The average molecular weight is 277 g/mol. The number of para-hydroxylation sites is 2. The van der Waals surface area contributed by atoms with E-state index in [1.807, 2.05) is 0 Å². The van der Waals surface area contributed by atoms with Crippen LogP contribution in [-0.4, -0.2) is 19.3 Å². The summed E-state index contributed by atoms with van der Waals surface area (Å²) >= 11 is 0. The van der Waals surface area contributed by atoms with Crippen LogP contribution in [0.1, 0.15) is 5.56 Å². The van der Waals surface area contributed by atoms with Gasteiger partial charge in [-0.2, -0.15) is 8.42 Å². The highest BCUT2D eigenvalue weighted by Crippen LogP contribution is 2.29. The number of hydrogen-bond acceptors (Lipinski definition) is 4. The highest BCUT2D eigenvalue weighted by molar-refractivity contribution is 7.86. The van der Waals surface area contributed by atoms with Crippen LogP contribution in [0.3, 0.4) is 0 Å². The Bertz CT molecular complexity index is 706. The fraction of sp³-hybridized carbons (Fsp3) is 0. The zero-order chi connectivity index (χ0) is 13.9. The van der Waals surface area contributed by atoms with Gasteiger partial charge in [0.1, 0.15) is 16.4 Å². The van der Waals surface area contributed by atoms with Crippen molar-refractivity contribution in [3.05, 3.63) is 54.1 Å². The van der Waals surface area contributed by atoms with Crippen molar-refractivity contribution in [2.24, 2.45) is 0 Å². The molecule has 0 fully saturated rings. The first-order valence-corrected chi connectivity index (χ1v) is 6.68. The Balaban J connectivity index is 2.48. The molecule has 0 spiro atoms. The topological polar surface area (TPSA) is 80.7 Å². The molecule has 6 heteroatoms. The molecule has 0 aliphatic rings. The summed E-state index contributed by atoms with van der Waals surface area (Å²) in [5.74, 6) is 0.0984. The highest BCUT2D eigenvalue weighted by Gasteiger charge is 2.17. The van der Waals surface area contributed by atoms with E-state index in [4.69, 9.17) is 9.29 Å². The molecule has 1 radical (unpaired) electrons. The standard InChI is InChI=1S/C13H9O5S/c14-9-10-5-1-2-6-11(10)18-12-7-3-4-8-13(12)19(15,16)17/h1-8H,(H,15,16,17). The molecule has 2 aromatic carbocycles. The first-order chi connectivity index (χ1) is 9.02. The molecule has 0 aromatic heterocycles. The van der Waals surface area contributed by atoms with Gasteiger partial charge in [0.2, 0.25) is 6.29 Å². The van der Waals surface area contributed by atoms with Gasteiger partial charge in [-0.3, -0.25) is 9.35 Å². The van der Waals surface area contributed by atoms with E-state index in [9.17, 15) is 13.2 Å². The predicted molar refractivity (Wildman–Crippen MR) is 67.6 cm³/mol. The second kappa shape index (κ2) is 5.21. The summed E-state index contributed by atoms with van der Waals surface area (Å²) in [4.78, 5) is 10.4. The Morgan fingerprint density at radius 1 is 0.947 bits per heavy atom. The molecule has 97 valence electrons. The van der Waals surface area contributed by atoms with Crippen molar-refractivity contribution < 1.29 is 22.5 Å². The second-order valence-corrected chi connectivity index (χ2v) is 5.01. The zero-order valence-corrected chi connectivity index (χ0v) is 10.4. The van der Waals surface area contributed by atoms with E-state index in [1.165, 1.54) is 30.3 Å². The van der Waals surface area contributed by atoms with Crippen molar-refractivity contribution in [3.8, 4) is 11.5 Å². The Labute approximate surface area is 110 Å². The van der Waals surface area contributed by atoms with Crippen molar-refractivity contribution >= 4 is 16.4 Å². The van der Waals surface area contributed by atoms with Gasteiger partial charge in [-0.05, 0) is 24.3 Å². The Morgan fingerprint density at radius 2 is 1.53 bits per heavy atom. The smallest absolute Gasteiger partial charge is 0.298 e. The summed E-state index contributed by atoms with van der Waals surface area (Å²) < 4.78 is 36.8. The molecule has 1 N–H and O–H groups in total. The van der Waals surface area contributed by atoms with Gasteiger partial charge in [0.25, 0.3) is 10.1 Å². The van der Waals surface area contributed by atoms with E-state index in [0.717, 1.165) is 0 Å². The van der Waals surface area contributed by atoms with E-state index >= 15 is 0 Å². The molecule has 0 aliphatic carbocycles. The van der Waals surface area contributed by atoms with Gasteiger partial charge in [0, 0.05) is 0 Å². The maximum absolute atomic E-state index is 11.2. The lowest BCUT2D eigenvalue weighted by molar-refractivity contribution is 0.449. The lowest BCUT2D eigenvalue weighted by atomic mass is 10.2. The molecule has 2 aromatic rings. The second-order valence-electron chi connectivity index (χ2n) is 3.62. The van der Waals surface area contributed by atoms with Crippen molar-refractivity contribution in [1.82, 2.24) is 0 Å². The maximum Gasteiger partial charge on any atom is 0.298 e. The van der Waals surface area contributed by atoms with Crippen LogP contribution in [0.5, 0.6) is 11.5 Å². The van der Waals surface area contributed by atoms with Gasteiger partial charge in [-0.1, -0.05) is 24.3 Å². The minimum atomic E-state index is -4.40. The molecule has 0 aliphatic heterocycles. The minimum absolute atomic E-state index is 0.0623. The first kappa shape index (κ1) is 13.3. The molecular formula is C13H9O5S. The summed E-state index contributed by atoms with van der Waals surface area (Å²) in [5, 5.41) is 0. The summed E-state index contributed by atoms with van der Waals surface area (Å²) in [6.45, 7) is 0. The normalized spacial score (nSPS) is 11.0. The zero-order valence-electron chi connectivity index (χ0n) is 9.61. The Hall–Kier alpha value is -2.18. The van der Waals surface area contributed by atoms with Crippen LogP contribution in [0.15, 0.2) is 53.4 Å². The summed E-state index contributed by atoms with van der Waals surface area (Å²) in [6.07, 6.45) is 1.69. The van der Waals surface area contributed by atoms with Crippen LogP contribution in [0.2, 0.25) is 0 Å². The molecule has 0 saturated heterocycles. The molecule has 0 saturated carbocycles. The van der Waals surface area contributed by atoms with Crippen LogP contribution >= 0.6 is 0 Å². The lowest BCUT2D eigenvalue weighted by Gasteiger charge is -2.10. The third-order valence-corrected chi connectivity index (χ3v) is 3.24. The van der Waals surface area contributed by atoms with Gasteiger partial charge >= 0.3 is 0 Å². The molecular weight excluding hydrogens is 268 g/mol. The number of carbonyl (C=O) groups excluding carboxylic acids is 1. The number of rotatable bonds is 4. The Kier molecular flexibility index (Phi) is 3.64. The van der Waals surface area contributed by atoms with Crippen molar-refractivity contribution in [2.45, 2.75) is 4.90 Å². The molecule has 0 amide bonds. The van der Waals surface area contributed by atoms with Crippen molar-refractivity contribution in [3.63, 3.8) is 0 Å². The van der Waals surface area contributed by atoms with Gasteiger partial charge in [0.05, 0.1) is 5.56 Å². The van der Waals surface area contributed by atoms with Crippen LogP contribution in [0.25, 0.3) is 0 Å². The fourth-order valence-corrected chi connectivity index (χ4v) is 2.12. The van der Waals surface area contributed by atoms with Gasteiger partial charge in [-0.25, -0.2) is 0 Å². The fourth-order valence-electron chi connectivity index (χ4n) is 1.51. The van der Waals surface area contributed by atoms with Crippen molar-refractivity contribution in [2.75, 3.05) is 0 Å². The van der Waals surface area contributed by atoms with Crippen LogP contribution in [0.4, 0.5) is 0 Å². The number of benzene rings is 2. The van der Waals surface area contributed by atoms with Gasteiger partial charge in [0.15, 0.2) is 0 Å². The van der Waals surface area contributed by atoms with Crippen LogP contribution in [-0.2, 0) is 14.9 Å². The summed E-state index contributed by atoms with van der Waals surface area (Å²) in [5.41, 5.74) is 0.160. The third-order valence-electron chi connectivity index (χ3n) is 2.34. The molecule has 19 heavy (non-hydrogen) atoms. The Morgan fingerprint density at radius 3 is 2.16 bits per heavy atom. The highest BCUT2D eigenvalue weighted by atomic mass is 32.2. The summed E-state index contributed by atoms with van der Waals surface area (Å²) in [7, 11) is -4.40. The third kappa shape index (κ3) is 2.98. The quantitative estimate of drug-likeness (QED) is 0.866. The molecule has 0 bridgehead atoms. The largest absolute Gasteiger partial charge is 0.455 e. The number of ether oxygens (including phenoxy) is 1. The molecule has 0 atom stereocenters.